The summed E-state index contributed by atoms with van der Waals surface area (Å²) in [6.07, 6.45) is -3.54. The van der Waals surface area contributed by atoms with E-state index in [0.717, 1.165) is 10.8 Å². The van der Waals surface area contributed by atoms with Crippen molar-refractivity contribution in [2.75, 3.05) is 0 Å². The molecule has 0 unspecified atom stereocenters. The zero-order valence-electron chi connectivity index (χ0n) is 5.48. The highest BCUT2D eigenvalue weighted by Gasteiger charge is 2.34. The highest BCUT2D eigenvalue weighted by Crippen LogP contribution is 2.29. The zero-order valence-corrected chi connectivity index (χ0v) is 7.07. The van der Waals surface area contributed by atoms with E-state index in [1.165, 1.54) is 7.05 Å². The lowest BCUT2D eigenvalue weighted by molar-refractivity contribution is -0.143. The summed E-state index contributed by atoms with van der Waals surface area (Å²) in [7, 11) is 1.29. The van der Waals surface area contributed by atoms with Gasteiger partial charge in [-0.3, -0.25) is 0 Å². The Kier molecular flexibility index (Phi) is 1.96. The average molecular weight is 229 g/mol. The van der Waals surface area contributed by atoms with Gasteiger partial charge in [-0.05, 0) is 15.9 Å². The summed E-state index contributed by atoms with van der Waals surface area (Å²) >= 11 is 2.86. The molecule has 0 fully saturated rings. The van der Waals surface area contributed by atoms with Crippen LogP contribution in [0.4, 0.5) is 13.2 Å². The van der Waals surface area contributed by atoms with Crippen LogP contribution in [0.1, 0.15) is 5.69 Å². The van der Waals surface area contributed by atoms with E-state index >= 15 is 0 Å². The lowest BCUT2D eigenvalue weighted by Crippen LogP contribution is -2.10. The normalized spacial score (nSPS) is 12.1. The minimum atomic E-state index is -4.33. The maximum Gasteiger partial charge on any atom is 0.433 e. The first-order chi connectivity index (χ1) is 4.93. The fourth-order valence-corrected chi connectivity index (χ4v) is 0.944. The molecule has 1 rings (SSSR count). The summed E-state index contributed by atoms with van der Waals surface area (Å²) < 4.78 is 37.0. The molecule has 0 N–H and O–H groups in total. The van der Waals surface area contributed by atoms with Gasteiger partial charge in [-0.25, -0.2) is 4.98 Å². The van der Waals surface area contributed by atoms with Crippen molar-refractivity contribution in [1.29, 1.82) is 0 Å². The molecule has 0 atom stereocenters. The van der Waals surface area contributed by atoms with Gasteiger partial charge in [0.1, 0.15) is 5.69 Å². The van der Waals surface area contributed by atoms with Crippen LogP contribution in [0.3, 0.4) is 0 Å². The van der Waals surface area contributed by atoms with Crippen LogP contribution in [0.15, 0.2) is 10.9 Å². The predicted octanol–water partition coefficient (Wildman–Crippen LogP) is 2.20. The third-order valence-corrected chi connectivity index (χ3v) is 1.96. The molecule has 0 spiro atoms. The third-order valence-electron chi connectivity index (χ3n) is 1.22. The van der Waals surface area contributed by atoms with E-state index in [1.807, 2.05) is 0 Å². The fourth-order valence-electron chi connectivity index (χ4n) is 0.650. The summed E-state index contributed by atoms with van der Waals surface area (Å²) in [5.41, 5.74) is -0.760. The number of nitrogens with zero attached hydrogens (tertiary/aromatic N) is 2. The van der Waals surface area contributed by atoms with Gasteiger partial charge in [0.25, 0.3) is 0 Å². The molecule has 2 nitrogen and oxygen atoms in total. The van der Waals surface area contributed by atoms with E-state index in [1.54, 1.807) is 0 Å². The highest BCUT2D eigenvalue weighted by molar-refractivity contribution is 9.10. The van der Waals surface area contributed by atoms with Crippen LogP contribution in [-0.4, -0.2) is 9.55 Å². The predicted molar refractivity (Wildman–Crippen MR) is 35.9 cm³/mol. The highest BCUT2D eigenvalue weighted by atomic mass is 79.9. The van der Waals surface area contributed by atoms with Crippen molar-refractivity contribution < 1.29 is 13.2 Å². The molecule has 0 amide bonds. The fraction of sp³-hybridized carbons (Fsp3) is 0.400. The molecule has 0 radical (unpaired) electrons. The topological polar surface area (TPSA) is 17.8 Å². The van der Waals surface area contributed by atoms with Gasteiger partial charge in [0.15, 0.2) is 4.73 Å². The van der Waals surface area contributed by atoms with E-state index < -0.39 is 11.9 Å². The van der Waals surface area contributed by atoms with Gasteiger partial charge in [0, 0.05) is 7.05 Å². The molecular weight excluding hydrogens is 225 g/mol. The van der Waals surface area contributed by atoms with Crippen LogP contribution in [-0.2, 0) is 13.2 Å². The van der Waals surface area contributed by atoms with Gasteiger partial charge in [-0.15, -0.1) is 0 Å². The molecule has 0 aliphatic rings. The molecule has 0 aliphatic carbocycles. The van der Waals surface area contributed by atoms with E-state index in [4.69, 9.17) is 0 Å². The van der Waals surface area contributed by atoms with Crippen molar-refractivity contribution in [3.05, 3.63) is 16.6 Å². The van der Waals surface area contributed by atoms with Gasteiger partial charge < -0.3 is 4.57 Å². The zero-order chi connectivity index (χ0) is 8.65. The van der Waals surface area contributed by atoms with Gasteiger partial charge in [0.2, 0.25) is 0 Å². The molecule has 0 bridgehead atoms. The standard InChI is InChI=1S/C5H4BrF3N2/c1-11-3(5(7,8)9)2-10-4(11)6/h2H,1H3. The molecular formula is C5H4BrF3N2. The molecule has 1 heterocycles. The van der Waals surface area contributed by atoms with Gasteiger partial charge in [-0.1, -0.05) is 0 Å². The van der Waals surface area contributed by atoms with Crippen molar-refractivity contribution in [2.45, 2.75) is 6.18 Å². The van der Waals surface area contributed by atoms with E-state index in [2.05, 4.69) is 20.9 Å². The molecule has 6 heteroatoms. The lowest BCUT2D eigenvalue weighted by Gasteiger charge is -2.05. The number of hydrogen-bond acceptors (Lipinski definition) is 1. The number of hydrogen-bond donors (Lipinski definition) is 0. The average Bonchev–Trinajstić information content (AvgIpc) is 2.11. The first-order valence-electron chi connectivity index (χ1n) is 2.67. The molecule has 1 aromatic rings. The Labute approximate surface area is 69.2 Å². The second-order valence-electron chi connectivity index (χ2n) is 1.97. The largest absolute Gasteiger partial charge is 0.433 e. The minimum absolute atomic E-state index is 0.171. The molecule has 1 aromatic heterocycles. The second-order valence-corrected chi connectivity index (χ2v) is 2.68. The Bertz CT molecular complexity index is 265. The van der Waals surface area contributed by atoms with Crippen LogP contribution < -0.4 is 0 Å². The van der Waals surface area contributed by atoms with Crippen LogP contribution >= 0.6 is 15.9 Å². The van der Waals surface area contributed by atoms with Crippen molar-refractivity contribution in [1.82, 2.24) is 9.55 Å². The molecule has 0 saturated heterocycles. The Morgan fingerprint density at radius 3 is 2.27 bits per heavy atom. The van der Waals surface area contributed by atoms with Crippen LogP contribution in [0.5, 0.6) is 0 Å². The van der Waals surface area contributed by atoms with E-state index in [0.29, 0.717) is 0 Å². The summed E-state index contributed by atoms with van der Waals surface area (Å²) in [4.78, 5) is 3.44. The Morgan fingerprint density at radius 2 is 2.09 bits per heavy atom. The first kappa shape index (κ1) is 8.58. The number of imidazole rings is 1. The number of alkyl halides is 3. The quantitative estimate of drug-likeness (QED) is 0.666. The van der Waals surface area contributed by atoms with E-state index in [-0.39, 0.29) is 4.73 Å². The number of aromatic nitrogens is 2. The molecule has 0 aromatic carbocycles. The van der Waals surface area contributed by atoms with Crippen molar-refractivity contribution >= 4 is 15.9 Å². The Morgan fingerprint density at radius 1 is 1.55 bits per heavy atom. The maximum absolute atomic E-state index is 12.0. The van der Waals surface area contributed by atoms with Crippen LogP contribution in [0.25, 0.3) is 0 Å². The van der Waals surface area contributed by atoms with Crippen LogP contribution in [0.2, 0.25) is 0 Å². The Hall–Kier alpha value is -0.520. The van der Waals surface area contributed by atoms with Crippen molar-refractivity contribution in [3.63, 3.8) is 0 Å². The van der Waals surface area contributed by atoms with Gasteiger partial charge >= 0.3 is 6.18 Å². The summed E-state index contributed by atoms with van der Waals surface area (Å²) in [5.74, 6) is 0. The Balaban J connectivity index is 3.15. The molecule has 62 valence electrons. The molecule has 0 saturated carbocycles. The lowest BCUT2D eigenvalue weighted by atomic mass is 10.5. The SMILES string of the molecule is Cn1c(C(F)(F)F)cnc1Br. The summed E-state index contributed by atoms with van der Waals surface area (Å²) in [6, 6.07) is 0. The van der Waals surface area contributed by atoms with Crippen molar-refractivity contribution in [3.8, 4) is 0 Å². The maximum atomic E-state index is 12.0. The third kappa shape index (κ3) is 1.55. The minimum Gasteiger partial charge on any atom is -0.318 e. The molecule has 0 aliphatic heterocycles. The van der Waals surface area contributed by atoms with Gasteiger partial charge in [-0.2, -0.15) is 13.2 Å². The monoisotopic (exact) mass is 228 g/mol. The summed E-state index contributed by atoms with van der Waals surface area (Å²) in [5, 5.41) is 0. The van der Waals surface area contributed by atoms with E-state index in [9.17, 15) is 13.2 Å². The summed E-state index contributed by atoms with van der Waals surface area (Å²) in [6.45, 7) is 0. The van der Waals surface area contributed by atoms with Crippen LogP contribution in [0, 0.1) is 0 Å². The second kappa shape index (κ2) is 2.51. The first-order valence-corrected chi connectivity index (χ1v) is 3.46. The number of halogens is 4. The van der Waals surface area contributed by atoms with Crippen molar-refractivity contribution in [2.24, 2.45) is 7.05 Å². The van der Waals surface area contributed by atoms with Gasteiger partial charge in [0.05, 0.1) is 6.20 Å². The number of rotatable bonds is 0. The molecule has 11 heavy (non-hydrogen) atoms. The smallest absolute Gasteiger partial charge is 0.318 e.